The molecule has 4 nitrogen and oxygen atoms in total. The zero-order valence-corrected chi connectivity index (χ0v) is 31.9. The molecule has 0 atom stereocenters. The third-order valence-electron chi connectivity index (χ3n) is 12.4. The lowest BCUT2D eigenvalue weighted by atomic mass is 9.97. The van der Waals surface area contributed by atoms with Gasteiger partial charge in [0.25, 0.3) is 0 Å². The summed E-state index contributed by atoms with van der Waals surface area (Å²) in [5.74, 6) is 0. The van der Waals surface area contributed by atoms with E-state index < -0.39 is 0 Å². The van der Waals surface area contributed by atoms with Gasteiger partial charge in [0.15, 0.2) is 0 Å². The summed E-state index contributed by atoms with van der Waals surface area (Å²) in [6.07, 6.45) is 0. The fourth-order valence-electron chi connectivity index (χ4n) is 9.92. The van der Waals surface area contributed by atoms with Gasteiger partial charge in [-0.05, 0) is 72.1 Å². The number of rotatable bonds is 4. The summed E-state index contributed by atoms with van der Waals surface area (Å²) in [6.45, 7) is 0. The Kier molecular flexibility index (Phi) is 6.69. The minimum absolute atomic E-state index is 0.992. The molecule has 274 valence electrons. The second-order valence-electron chi connectivity index (χ2n) is 15.5. The van der Waals surface area contributed by atoms with E-state index in [0.29, 0.717) is 0 Å². The molecule has 0 fully saturated rings. The predicted molar refractivity (Wildman–Crippen MR) is 248 cm³/mol. The van der Waals surface area contributed by atoms with Crippen LogP contribution in [-0.4, -0.2) is 18.7 Å². The maximum atomic E-state index is 5.39. The summed E-state index contributed by atoms with van der Waals surface area (Å²) in [4.78, 5) is 5.39. The molecule has 9 aromatic carbocycles. The van der Waals surface area contributed by atoms with Crippen molar-refractivity contribution in [1.82, 2.24) is 18.7 Å². The molecule has 13 aromatic rings. The van der Waals surface area contributed by atoms with Gasteiger partial charge in [-0.15, -0.1) is 0 Å². The molecule has 13 rings (SSSR count). The first-order valence-electron chi connectivity index (χ1n) is 20.2. The van der Waals surface area contributed by atoms with Crippen LogP contribution in [0, 0.1) is 0 Å². The summed E-state index contributed by atoms with van der Waals surface area (Å²) in [5, 5.41) is 10.9. The topological polar surface area (TPSA) is 27.7 Å². The van der Waals surface area contributed by atoms with E-state index in [0.717, 1.165) is 55.6 Å². The van der Waals surface area contributed by atoms with Crippen LogP contribution in [0.25, 0.3) is 115 Å². The standard InChI is InChI=1S/C55H34N4/c1-2-15-35(16-3-1)54-53-44(39-19-4-9-24-47(39)56-54)30-31-45-42-22-7-13-28-51(42)59(55(45)53)37-18-14-17-36(33-37)57-50-27-12-8-23-43(50)46-34-38(29-32-52(46)57)58-48-25-10-5-20-40(48)41-21-6-11-26-49(41)58/h1-34H. The van der Waals surface area contributed by atoms with Crippen molar-refractivity contribution in [1.29, 1.82) is 0 Å². The molecule has 0 spiro atoms. The first-order valence-corrected chi connectivity index (χ1v) is 20.2. The number of hydrogen-bond donors (Lipinski definition) is 0. The minimum atomic E-state index is 0.992. The number of benzene rings is 9. The Labute approximate surface area is 339 Å². The van der Waals surface area contributed by atoms with Gasteiger partial charge in [0.1, 0.15) is 0 Å². The lowest BCUT2D eigenvalue weighted by molar-refractivity contribution is 1.13. The molecule has 0 aliphatic heterocycles. The zero-order valence-electron chi connectivity index (χ0n) is 31.9. The summed E-state index contributed by atoms with van der Waals surface area (Å²) in [7, 11) is 0. The first kappa shape index (κ1) is 32.2. The van der Waals surface area contributed by atoms with Crippen LogP contribution in [0.5, 0.6) is 0 Å². The molecule has 0 radical (unpaired) electrons. The Morgan fingerprint density at radius 3 is 1.42 bits per heavy atom. The van der Waals surface area contributed by atoms with E-state index in [1.807, 2.05) is 0 Å². The van der Waals surface area contributed by atoms with Crippen molar-refractivity contribution in [3.63, 3.8) is 0 Å². The fourth-order valence-corrected chi connectivity index (χ4v) is 9.92. The third-order valence-corrected chi connectivity index (χ3v) is 12.4. The van der Waals surface area contributed by atoms with Gasteiger partial charge in [0, 0.05) is 65.7 Å². The van der Waals surface area contributed by atoms with Crippen molar-refractivity contribution >= 4 is 87.1 Å². The Morgan fingerprint density at radius 2 is 0.763 bits per heavy atom. The summed E-state index contributed by atoms with van der Waals surface area (Å²) in [6, 6.07) is 74.8. The average Bonchev–Trinajstić information content (AvgIpc) is 3.95. The maximum absolute atomic E-state index is 5.39. The van der Waals surface area contributed by atoms with Crippen molar-refractivity contribution in [2.45, 2.75) is 0 Å². The molecule has 0 amide bonds. The van der Waals surface area contributed by atoms with Crippen LogP contribution in [0.3, 0.4) is 0 Å². The third kappa shape index (κ3) is 4.57. The number of nitrogens with zero attached hydrogens (tertiary/aromatic N) is 4. The van der Waals surface area contributed by atoms with Gasteiger partial charge in [-0.2, -0.15) is 0 Å². The molecule has 4 aromatic heterocycles. The highest BCUT2D eigenvalue weighted by molar-refractivity contribution is 6.26. The van der Waals surface area contributed by atoms with E-state index in [-0.39, 0.29) is 0 Å². The molecule has 4 heterocycles. The zero-order chi connectivity index (χ0) is 38.6. The number of para-hydroxylation sites is 5. The van der Waals surface area contributed by atoms with Crippen LogP contribution < -0.4 is 0 Å². The van der Waals surface area contributed by atoms with Crippen LogP contribution in [0.1, 0.15) is 0 Å². The first-order chi connectivity index (χ1) is 29.3. The molecule has 0 bridgehead atoms. The summed E-state index contributed by atoms with van der Waals surface area (Å²) >= 11 is 0. The van der Waals surface area contributed by atoms with E-state index in [2.05, 4.69) is 220 Å². The quantitative estimate of drug-likeness (QED) is 0.165. The van der Waals surface area contributed by atoms with Crippen molar-refractivity contribution in [3.05, 3.63) is 206 Å². The molecule has 59 heavy (non-hydrogen) atoms. The Hall–Kier alpha value is -7.95. The smallest absolute Gasteiger partial charge is 0.0809 e. The van der Waals surface area contributed by atoms with E-state index in [4.69, 9.17) is 4.98 Å². The molecular formula is C55H34N4. The van der Waals surface area contributed by atoms with Crippen LogP contribution in [-0.2, 0) is 0 Å². The van der Waals surface area contributed by atoms with Crippen LogP contribution in [0.15, 0.2) is 206 Å². The number of fused-ring (bicyclic) bond motifs is 13. The Balaban J connectivity index is 1.08. The van der Waals surface area contributed by atoms with Gasteiger partial charge in [-0.25, -0.2) is 4.98 Å². The molecular weight excluding hydrogens is 717 g/mol. The summed E-state index contributed by atoms with van der Waals surface area (Å²) < 4.78 is 7.30. The average molecular weight is 751 g/mol. The number of aromatic nitrogens is 4. The van der Waals surface area contributed by atoms with Crippen LogP contribution >= 0.6 is 0 Å². The predicted octanol–water partition coefficient (Wildman–Crippen LogP) is 14.3. The van der Waals surface area contributed by atoms with Crippen molar-refractivity contribution < 1.29 is 0 Å². The van der Waals surface area contributed by atoms with E-state index in [9.17, 15) is 0 Å². The Bertz CT molecular complexity index is 3790. The second-order valence-corrected chi connectivity index (χ2v) is 15.5. The van der Waals surface area contributed by atoms with Gasteiger partial charge >= 0.3 is 0 Å². The van der Waals surface area contributed by atoms with Crippen molar-refractivity contribution in [2.75, 3.05) is 0 Å². The van der Waals surface area contributed by atoms with E-state index in [1.54, 1.807) is 0 Å². The van der Waals surface area contributed by atoms with Gasteiger partial charge < -0.3 is 13.7 Å². The molecule has 0 aliphatic rings. The lowest BCUT2D eigenvalue weighted by Crippen LogP contribution is -2.00. The second kappa shape index (κ2) is 12.3. The summed E-state index contributed by atoms with van der Waals surface area (Å²) in [5.41, 5.74) is 13.5. The fraction of sp³-hybridized carbons (Fsp3) is 0. The van der Waals surface area contributed by atoms with Gasteiger partial charge in [-0.3, -0.25) is 0 Å². The Morgan fingerprint density at radius 1 is 0.288 bits per heavy atom. The molecule has 4 heteroatoms. The molecule has 0 unspecified atom stereocenters. The highest BCUT2D eigenvalue weighted by Crippen LogP contribution is 2.43. The highest BCUT2D eigenvalue weighted by Gasteiger charge is 2.21. The minimum Gasteiger partial charge on any atom is -0.309 e. The van der Waals surface area contributed by atoms with Gasteiger partial charge in [0.05, 0.1) is 44.3 Å². The largest absolute Gasteiger partial charge is 0.309 e. The highest BCUT2D eigenvalue weighted by atomic mass is 15.0. The molecule has 0 N–H and O–H groups in total. The molecule has 0 saturated carbocycles. The lowest BCUT2D eigenvalue weighted by Gasteiger charge is -2.16. The number of pyridine rings is 1. The molecule has 0 saturated heterocycles. The monoisotopic (exact) mass is 750 g/mol. The SMILES string of the molecule is c1ccc(-c2nc3ccccc3c3ccc4c5ccccc5n(-c5cccc(-n6c7ccccc7c7cc(-n8c9ccccc9c9ccccc98)ccc76)c5)c4c23)cc1. The maximum Gasteiger partial charge on any atom is 0.0809 e. The van der Waals surface area contributed by atoms with Crippen LogP contribution in [0.2, 0.25) is 0 Å². The van der Waals surface area contributed by atoms with Crippen LogP contribution in [0.4, 0.5) is 0 Å². The van der Waals surface area contributed by atoms with Crippen molar-refractivity contribution in [3.8, 4) is 28.3 Å². The number of hydrogen-bond acceptors (Lipinski definition) is 1. The van der Waals surface area contributed by atoms with Gasteiger partial charge in [0.2, 0.25) is 0 Å². The van der Waals surface area contributed by atoms with E-state index in [1.165, 1.54) is 59.8 Å². The van der Waals surface area contributed by atoms with E-state index >= 15 is 0 Å². The van der Waals surface area contributed by atoms with Crippen molar-refractivity contribution in [2.24, 2.45) is 0 Å². The molecule has 0 aliphatic carbocycles. The van der Waals surface area contributed by atoms with Gasteiger partial charge in [-0.1, -0.05) is 140 Å². The normalized spacial score (nSPS) is 12.1.